The van der Waals surface area contributed by atoms with Gasteiger partial charge >= 0.3 is 0 Å². The Kier molecular flexibility index (Phi) is 4.33. The van der Waals surface area contributed by atoms with Gasteiger partial charge in [0.1, 0.15) is 28.4 Å². The lowest BCUT2D eigenvalue weighted by Gasteiger charge is -2.33. The highest BCUT2D eigenvalue weighted by Crippen LogP contribution is 2.40. The largest absolute Gasteiger partial charge is 0.366 e. The van der Waals surface area contributed by atoms with Gasteiger partial charge in [0.15, 0.2) is 0 Å². The molecule has 0 saturated carbocycles. The first kappa shape index (κ1) is 17.8. The van der Waals surface area contributed by atoms with Crippen LogP contribution in [0.4, 0.5) is 24.9 Å². The highest BCUT2D eigenvalue weighted by molar-refractivity contribution is 6.33. The minimum absolute atomic E-state index is 0.00128. The monoisotopic (exact) mass is 396 g/mol. The van der Waals surface area contributed by atoms with E-state index in [1.54, 1.807) is 0 Å². The zero-order chi connectivity index (χ0) is 19.3. The van der Waals surface area contributed by atoms with Crippen molar-refractivity contribution in [2.75, 3.05) is 23.7 Å². The van der Waals surface area contributed by atoms with Crippen molar-refractivity contribution < 1.29 is 13.2 Å². The molecule has 6 nitrogen and oxygen atoms in total. The fourth-order valence-electron chi connectivity index (χ4n) is 3.38. The number of anilines is 2. The molecule has 3 heterocycles. The van der Waals surface area contributed by atoms with Crippen LogP contribution in [0.15, 0.2) is 12.1 Å². The second-order valence-corrected chi connectivity index (χ2v) is 7.06. The average molecular weight is 397 g/mol. The van der Waals surface area contributed by atoms with Crippen LogP contribution in [0.3, 0.4) is 0 Å². The third-order valence-electron chi connectivity index (χ3n) is 4.78. The van der Waals surface area contributed by atoms with Crippen LogP contribution in [0.1, 0.15) is 19.8 Å². The molecule has 3 aromatic rings. The molecule has 1 aliphatic heterocycles. The maximum absolute atomic E-state index is 14.5. The number of hydrogen-bond donors (Lipinski definition) is 1. The second kappa shape index (κ2) is 6.56. The standard InChI is InChI=1S/C17H16ClF3N6/c1-8-2-4-26(5-3-8)15-13(12-10(20)6-9(19)7-11(12)21)14(18)23-17-24-16(22)25-27(15)17/h6-8H,2-5H2,1H3,(H2,22,25). The molecule has 0 amide bonds. The number of rotatable bonds is 2. The highest BCUT2D eigenvalue weighted by Gasteiger charge is 2.29. The fourth-order valence-corrected chi connectivity index (χ4v) is 3.64. The van der Waals surface area contributed by atoms with Gasteiger partial charge in [-0.3, -0.25) is 0 Å². The van der Waals surface area contributed by atoms with Gasteiger partial charge in [-0.05, 0) is 18.8 Å². The lowest BCUT2D eigenvalue weighted by atomic mass is 9.98. The molecule has 2 aromatic heterocycles. The smallest absolute Gasteiger partial charge is 0.257 e. The number of aromatic nitrogens is 4. The van der Waals surface area contributed by atoms with Crippen LogP contribution in [0.5, 0.6) is 0 Å². The Bertz CT molecular complexity index is 1010. The van der Waals surface area contributed by atoms with E-state index < -0.39 is 23.0 Å². The van der Waals surface area contributed by atoms with Gasteiger partial charge in [0.2, 0.25) is 5.95 Å². The molecule has 0 unspecified atom stereocenters. The van der Waals surface area contributed by atoms with Crippen molar-refractivity contribution >= 4 is 29.1 Å². The summed E-state index contributed by atoms with van der Waals surface area (Å²) < 4.78 is 43.8. The second-order valence-electron chi connectivity index (χ2n) is 6.70. The van der Waals surface area contributed by atoms with Crippen LogP contribution in [0, 0.1) is 23.4 Å². The molecule has 142 valence electrons. The van der Waals surface area contributed by atoms with Crippen LogP contribution in [-0.2, 0) is 0 Å². The van der Waals surface area contributed by atoms with E-state index in [1.807, 2.05) is 4.90 Å². The SMILES string of the molecule is CC1CCN(c2c(-c3c(F)cc(F)cc3F)c(Cl)nc3nc(N)nn23)CC1. The molecule has 0 atom stereocenters. The maximum atomic E-state index is 14.5. The molecule has 4 rings (SSSR count). The summed E-state index contributed by atoms with van der Waals surface area (Å²) >= 11 is 6.30. The van der Waals surface area contributed by atoms with E-state index >= 15 is 0 Å². The Labute approximate surface area is 157 Å². The van der Waals surface area contributed by atoms with Crippen molar-refractivity contribution in [1.82, 2.24) is 19.6 Å². The van der Waals surface area contributed by atoms with Gasteiger partial charge in [-0.1, -0.05) is 18.5 Å². The minimum Gasteiger partial charge on any atom is -0.366 e. The van der Waals surface area contributed by atoms with E-state index in [0.717, 1.165) is 12.8 Å². The number of halogens is 4. The number of hydrogen-bond acceptors (Lipinski definition) is 5. The zero-order valence-electron chi connectivity index (χ0n) is 14.4. The van der Waals surface area contributed by atoms with Gasteiger partial charge < -0.3 is 10.6 Å². The summed E-state index contributed by atoms with van der Waals surface area (Å²) in [5.41, 5.74) is 5.23. The van der Waals surface area contributed by atoms with Crippen LogP contribution in [0.2, 0.25) is 5.15 Å². The summed E-state index contributed by atoms with van der Waals surface area (Å²) in [7, 11) is 0. The zero-order valence-corrected chi connectivity index (χ0v) is 15.1. The number of benzene rings is 1. The maximum Gasteiger partial charge on any atom is 0.257 e. The predicted octanol–water partition coefficient (Wildman–Crippen LogP) is 3.68. The number of piperidine rings is 1. The Morgan fingerprint density at radius 2 is 1.70 bits per heavy atom. The van der Waals surface area contributed by atoms with Gasteiger partial charge in [0, 0.05) is 25.2 Å². The molecule has 0 spiro atoms. The molecule has 0 aliphatic carbocycles. The molecule has 27 heavy (non-hydrogen) atoms. The molecule has 2 N–H and O–H groups in total. The normalized spacial score (nSPS) is 15.7. The van der Waals surface area contributed by atoms with Crippen LogP contribution < -0.4 is 10.6 Å². The van der Waals surface area contributed by atoms with E-state index in [-0.39, 0.29) is 22.4 Å². The van der Waals surface area contributed by atoms with E-state index in [4.69, 9.17) is 17.3 Å². The molecular formula is C17H16ClF3N6. The lowest BCUT2D eigenvalue weighted by Crippen LogP contribution is -2.35. The van der Waals surface area contributed by atoms with E-state index in [1.165, 1.54) is 4.52 Å². The first-order chi connectivity index (χ1) is 12.8. The van der Waals surface area contributed by atoms with Crippen LogP contribution in [0.25, 0.3) is 16.9 Å². The molecular weight excluding hydrogens is 381 g/mol. The summed E-state index contributed by atoms with van der Waals surface area (Å²) in [5.74, 6) is -2.22. The number of nitrogen functional groups attached to an aromatic ring is 1. The topological polar surface area (TPSA) is 72.3 Å². The molecule has 1 fully saturated rings. The molecule has 0 bridgehead atoms. The van der Waals surface area contributed by atoms with E-state index in [0.29, 0.717) is 37.0 Å². The van der Waals surface area contributed by atoms with E-state index in [9.17, 15) is 13.2 Å². The van der Waals surface area contributed by atoms with Crippen molar-refractivity contribution in [3.05, 3.63) is 34.7 Å². The number of fused-ring (bicyclic) bond motifs is 1. The predicted molar refractivity (Wildman–Crippen MR) is 96.1 cm³/mol. The van der Waals surface area contributed by atoms with Crippen molar-refractivity contribution in [2.45, 2.75) is 19.8 Å². The van der Waals surface area contributed by atoms with Gasteiger partial charge in [-0.15, -0.1) is 5.10 Å². The highest BCUT2D eigenvalue weighted by atomic mass is 35.5. The quantitative estimate of drug-likeness (QED) is 0.669. The molecule has 1 saturated heterocycles. The molecule has 0 radical (unpaired) electrons. The van der Waals surface area contributed by atoms with Crippen LogP contribution in [-0.4, -0.2) is 32.7 Å². The van der Waals surface area contributed by atoms with Crippen molar-refractivity contribution in [3.8, 4) is 11.1 Å². The van der Waals surface area contributed by atoms with Gasteiger partial charge in [0.05, 0.1) is 11.1 Å². The Hall–Kier alpha value is -2.55. The third kappa shape index (κ3) is 3.05. The van der Waals surface area contributed by atoms with Crippen molar-refractivity contribution in [3.63, 3.8) is 0 Å². The Morgan fingerprint density at radius 1 is 1.07 bits per heavy atom. The first-order valence-corrected chi connectivity index (χ1v) is 8.84. The lowest BCUT2D eigenvalue weighted by molar-refractivity contribution is 0.435. The number of nitrogens with zero attached hydrogens (tertiary/aromatic N) is 5. The van der Waals surface area contributed by atoms with Crippen LogP contribution >= 0.6 is 11.6 Å². The Balaban J connectivity index is 2.03. The molecule has 10 heteroatoms. The summed E-state index contributed by atoms with van der Waals surface area (Å²) in [6.07, 6.45) is 1.78. The van der Waals surface area contributed by atoms with Gasteiger partial charge in [-0.25, -0.2) is 13.2 Å². The van der Waals surface area contributed by atoms with Gasteiger partial charge in [0.25, 0.3) is 5.78 Å². The summed E-state index contributed by atoms with van der Waals surface area (Å²) in [5, 5.41) is 3.95. The third-order valence-corrected chi connectivity index (χ3v) is 5.05. The summed E-state index contributed by atoms with van der Waals surface area (Å²) in [4.78, 5) is 9.99. The summed E-state index contributed by atoms with van der Waals surface area (Å²) in [6.45, 7) is 3.40. The van der Waals surface area contributed by atoms with Crippen molar-refractivity contribution in [1.29, 1.82) is 0 Å². The summed E-state index contributed by atoms with van der Waals surface area (Å²) in [6, 6.07) is 1.22. The molecule has 1 aliphatic rings. The van der Waals surface area contributed by atoms with Crippen molar-refractivity contribution in [2.24, 2.45) is 5.92 Å². The Morgan fingerprint density at radius 3 is 2.33 bits per heavy atom. The van der Waals surface area contributed by atoms with Gasteiger partial charge in [-0.2, -0.15) is 14.5 Å². The minimum atomic E-state index is -1.07. The van der Waals surface area contributed by atoms with E-state index in [2.05, 4.69) is 22.0 Å². The molecule has 1 aromatic carbocycles. The number of nitrogens with two attached hydrogens (primary N) is 1. The fraction of sp³-hybridized carbons (Fsp3) is 0.353. The first-order valence-electron chi connectivity index (χ1n) is 8.46. The average Bonchev–Trinajstić information content (AvgIpc) is 2.95.